The number of hydrogen-bond acceptors (Lipinski definition) is 3. The topological polar surface area (TPSA) is 52.7 Å². The van der Waals surface area contributed by atoms with Crippen LogP contribution in [0.4, 0.5) is 10.1 Å². The van der Waals surface area contributed by atoms with E-state index in [1.165, 1.54) is 18.2 Å². The summed E-state index contributed by atoms with van der Waals surface area (Å²) in [6.45, 7) is 5.06. The number of likely N-dealkylation sites (N-methyl/N-ethyl adjacent to an activating group) is 2. The van der Waals surface area contributed by atoms with Crippen LogP contribution in [0.15, 0.2) is 54.6 Å². The molecule has 2 rings (SSSR count). The first-order valence-corrected chi connectivity index (χ1v) is 9.05. The Hall–Kier alpha value is -2.73. The average Bonchev–Trinajstić information content (AvgIpc) is 2.63. The van der Waals surface area contributed by atoms with E-state index in [1.54, 1.807) is 22.9 Å². The number of benzene rings is 2. The SMILES string of the molecule is CCN(CC)C(=O)[C@@H](c1ccccc1)N(C)CC(=O)Nc1cccc(F)c1. The van der Waals surface area contributed by atoms with E-state index in [0.29, 0.717) is 18.8 Å². The molecule has 0 aliphatic heterocycles. The van der Waals surface area contributed by atoms with Gasteiger partial charge in [-0.25, -0.2) is 4.39 Å². The smallest absolute Gasteiger partial charge is 0.244 e. The van der Waals surface area contributed by atoms with Gasteiger partial charge in [0.25, 0.3) is 0 Å². The molecule has 1 N–H and O–H groups in total. The fraction of sp³-hybridized carbons (Fsp3) is 0.333. The predicted octanol–water partition coefficient (Wildman–Crippen LogP) is 3.31. The lowest BCUT2D eigenvalue weighted by Gasteiger charge is -2.31. The van der Waals surface area contributed by atoms with Crippen LogP contribution in [0, 0.1) is 5.82 Å². The Morgan fingerprint density at radius 1 is 1.04 bits per heavy atom. The lowest BCUT2D eigenvalue weighted by atomic mass is 10.0. The van der Waals surface area contributed by atoms with Crippen LogP contribution >= 0.6 is 0 Å². The summed E-state index contributed by atoms with van der Waals surface area (Å²) < 4.78 is 13.3. The zero-order valence-corrected chi connectivity index (χ0v) is 16.0. The van der Waals surface area contributed by atoms with Crippen molar-refractivity contribution in [3.05, 3.63) is 66.0 Å². The zero-order valence-electron chi connectivity index (χ0n) is 16.0. The Morgan fingerprint density at radius 3 is 2.30 bits per heavy atom. The van der Waals surface area contributed by atoms with Crippen LogP contribution in [0.2, 0.25) is 0 Å². The van der Waals surface area contributed by atoms with Gasteiger partial charge < -0.3 is 10.2 Å². The maximum atomic E-state index is 13.3. The summed E-state index contributed by atoms with van der Waals surface area (Å²) in [5.41, 5.74) is 1.22. The number of halogens is 1. The van der Waals surface area contributed by atoms with E-state index < -0.39 is 11.9 Å². The number of nitrogens with one attached hydrogen (secondary N) is 1. The molecule has 2 aromatic carbocycles. The largest absolute Gasteiger partial charge is 0.342 e. The van der Waals surface area contributed by atoms with Crippen molar-refractivity contribution < 1.29 is 14.0 Å². The zero-order chi connectivity index (χ0) is 19.8. The molecule has 0 bridgehead atoms. The predicted molar refractivity (Wildman–Crippen MR) is 105 cm³/mol. The van der Waals surface area contributed by atoms with Gasteiger partial charge in [-0.2, -0.15) is 0 Å². The van der Waals surface area contributed by atoms with Crippen LogP contribution in [0.5, 0.6) is 0 Å². The maximum Gasteiger partial charge on any atom is 0.244 e. The van der Waals surface area contributed by atoms with Gasteiger partial charge in [-0.3, -0.25) is 14.5 Å². The summed E-state index contributed by atoms with van der Waals surface area (Å²) >= 11 is 0. The van der Waals surface area contributed by atoms with Gasteiger partial charge in [0.2, 0.25) is 11.8 Å². The van der Waals surface area contributed by atoms with Crippen molar-refractivity contribution in [2.75, 3.05) is 32.0 Å². The van der Waals surface area contributed by atoms with Gasteiger partial charge in [0.15, 0.2) is 0 Å². The molecule has 0 aliphatic rings. The molecule has 0 saturated heterocycles. The Bertz CT molecular complexity index is 763. The summed E-state index contributed by atoms with van der Waals surface area (Å²) in [7, 11) is 1.74. The Kier molecular flexibility index (Phi) is 7.49. The van der Waals surface area contributed by atoms with Crippen molar-refractivity contribution in [2.45, 2.75) is 19.9 Å². The minimum absolute atomic E-state index is 0.00306. The fourth-order valence-electron chi connectivity index (χ4n) is 3.01. The van der Waals surface area contributed by atoms with E-state index in [2.05, 4.69) is 5.32 Å². The number of amides is 2. The molecule has 0 spiro atoms. The van der Waals surface area contributed by atoms with Crippen LogP contribution in [0.1, 0.15) is 25.5 Å². The maximum absolute atomic E-state index is 13.3. The lowest BCUT2D eigenvalue weighted by Crippen LogP contribution is -2.44. The molecular weight excluding hydrogens is 345 g/mol. The quantitative estimate of drug-likeness (QED) is 0.775. The molecule has 0 unspecified atom stereocenters. The number of carbonyl (C=O) groups excluding carboxylic acids is 2. The molecule has 0 heterocycles. The first kappa shape index (κ1) is 20.6. The highest BCUT2D eigenvalue weighted by atomic mass is 19.1. The highest BCUT2D eigenvalue weighted by Gasteiger charge is 2.29. The van der Waals surface area contributed by atoms with E-state index >= 15 is 0 Å². The number of anilines is 1. The second-order valence-electron chi connectivity index (χ2n) is 6.30. The average molecular weight is 371 g/mol. The normalized spacial score (nSPS) is 11.9. The van der Waals surface area contributed by atoms with Gasteiger partial charge in [0, 0.05) is 18.8 Å². The van der Waals surface area contributed by atoms with E-state index in [0.717, 1.165) is 5.56 Å². The number of rotatable bonds is 8. The van der Waals surface area contributed by atoms with Crippen molar-refractivity contribution in [3.63, 3.8) is 0 Å². The first-order valence-electron chi connectivity index (χ1n) is 9.05. The Balaban J connectivity index is 2.16. The van der Waals surface area contributed by atoms with Crippen molar-refractivity contribution in [3.8, 4) is 0 Å². The Labute approximate surface area is 159 Å². The van der Waals surface area contributed by atoms with Crippen LogP contribution < -0.4 is 5.32 Å². The van der Waals surface area contributed by atoms with Crippen LogP contribution in [-0.2, 0) is 9.59 Å². The molecular formula is C21H26FN3O2. The van der Waals surface area contributed by atoms with Crippen molar-refractivity contribution >= 4 is 17.5 Å². The van der Waals surface area contributed by atoms with Gasteiger partial charge in [0.1, 0.15) is 11.9 Å². The first-order chi connectivity index (χ1) is 13.0. The fourth-order valence-corrected chi connectivity index (χ4v) is 3.01. The second kappa shape index (κ2) is 9.83. The second-order valence-corrected chi connectivity index (χ2v) is 6.30. The molecule has 2 aromatic rings. The molecule has 0 fully saturated rings. The van der Waals surface area contributed by atoms with Crippen molar-refractivity contribution in [2.24, 2.45) is 0 Å². The molecule has 2 amide bonds. The van der Waals surface area contributed by atoms with Crippen molar-refractivity contribution in [1.29, 1.82) is 0 Å². The summed E-state index contributed by atoms with van der Waals surface area (Å²) in [5, 5.41) is 2.67. The van der Waals surface area contributed by atoms with E-state index in [9.17, 15) is 14.0 Å². The standard InChI is InChI=1S/C21H26FN3O2/c1-4-25(5-2)21(27)20(16-10-7-6-8-11-16)24(3)15-19(26)23-18-13-9-12-17(22)14-18/h6-14,20H,4-5,15H2,1-3H3,(H,23,26)/t20-/m1/s1. The van der Waals surface area contributed by atoms with Gasteiger partial charge >= 0.3 is 0 Å². The number of carbonyl (C=O) groups is 2. The van der Waals surface area contributed by atoms with E-state index in [4.69, 9.17) is 0 Å². The third-order valence-corrected chi connectivity index (χ3v) is 4.37. The molecule has 0 aromatic heterocycles. The lowest BCUT2D eigenvalue weighted by molar-refractivity contribution is -0.137. The molecule has 0 aliphatic carbocycles. The molecule has 5 nitrogen and oxygen atoms in total. The van der Waals surface area contributed by atoms with Gasteiger partial charge in [-0.05, 0) is 44.7 Å². The number of hydrogen-bond donors (Lipinski definition) is 1. The Morgan fingerprint density at radius 2 is 1.70 bits per heavy atom. The monoisotopic (exact) mass is 371 g/mol. The van der Waals surface area contributed by atoms with Gasteiger partial charge in [0.05, 0.1) is 6.54 Å². The van der Waals surface area contributed by atoms with E-state index in [-0.39, 0.29) is 18.4 Å². The molecule has 6 heteroatoms. The summed E-state index contributed by atoms with van der Waals surface area (Å²) in [6, 6.07) is 14.6. The summed E-state index contributed by atoms with van der Waals surface area (Å²) in [5.74, 6) is -0.774. The molecule has 1 atom stereocenters. The van der Waals surface area contributed by atoms with Crippen LogP contribution in [0.25, 0.3) is 0 Å². The summed E-state index contributed by atoms with van der Waals surface area (Å²) in [6.07, 6.45) is 0. The number of nitrogens with zero attached hydrogens (tertiary/aromatic N) is 2. The van der Waals surface area contributed by atoms with Gasteiger partial charge in [-0.15, -0.1) is 0 Å². The minimum Gasteiger partial charge on any atom is -0.342 e. The van der Waals surface area contributed by atoms with Crippen LogP contribution in [0.3, 0.4) is 0 Å². The minimum atomic E-state index is -0.565. The third-order valence-electron chi connectivity index (χ3n) is 4.37. The molecule has 0 saturated carbocycles. The van der Waals surface area contributed by atoms with E-state index in [1.807, 2.05) is 44.2 Å². The molecule has 27 heavy (non-hydrogen) atoms. The summed E-state index contributed by atoms with van der Waals surface area (Å²) in [4.78, 5) is 28.9. The molecule has 0 radical (unpaired) electrons. The third kappa shape index (κ3) is 5.62. The van der Waals surface area contributed by atoms with Crippen molar-refractivity contribution in [1.82, 2.24) is 9.80 Å². The highest BCUT2D eigenvalue weighted by molar-refractivity contribution is 5.93. The highest BCUT2D eigenvalue weighted by Crippen LogP contribution is 2.22. The van der Waals surface area contributed by atoms with Crippen LogP contribution in [-0.4, -0.2) is 48.3 Å². The van der Waals surface area contributed by atoms with Gasteiger partial charge in [-0.1, -0.05) is 36.4 Å². The molecule has 144 valence electrons.